The Bertz CT molecular complexity index is 1750. The zero-order valence-electron chi connectivity index (χ0n) is 23.8. The van der Waals surface area contributed by atoms with Crippen LogP contribution in [0.15, 0.2) is 55.1 Å². The van der Waals surface area contributed by atoms with E-state index in [0.717, 1.165) is 24.8 Å². The number of piperazine rings is 1. The van der Waals surface area contributed by atoms with Gasteiger partial charge in [0, 0.05) is 41.6 Å². The topological polar surface area (TPSA) is 79.1 Å². The Hall–Kier alpha value is -4.33. The van der Waals surface area contributed by atoms with E-state index in [1.807, 2.05) is 29.2 Å². The SMILES string of the molecule is [C-]#[N+]C[C@H]1CN(c2nc(OC[C@@H]3CCCN3C)nc3nc(-c4cccc5cccc(Cl)c45)c(F)cc23)CCN1C(=O)C=C. The summed E-state index contributed by atoms with van der Waals surface area (Å²) in [4.78, 5) is 36.0. The lowest BCUT2D eigenvalue weighted by molar-refractivity contribution is -0.128. The number of aromatic nitrogens is 3. The Morgan fingerprint density at radius 1 is 1.19 bits per heavy atom. The van der Waals surface area contributed by atoms with Crippen molar-refractivity contribution in [1.82, 2.24) is 24.8 Å². The number of nitrogens with zero attached hydrogens (tertiary/aromatic N) is 7. The quantitative estimate of drug-likeness (QED) is 0.213. The molecule has 2 aromatic carbocycles. The number of pyridine rings is 1. The molecule has 4 aromatic rings. The molecule has 11 heteroatoms. The second-order valence-corrected chi connectivity index (χ2v) is 11.3. The highest BCUT2D eigenvalue weighted by Crippen LogP contribution is 2.37. The molecule has 4 heterocycles. The Morgan fingerprint density at radius 2 is 2.00 bits per heavy atom. The van der Waals surface area contributed by atoms with E-state index in [1.165, 1.54) is 12.1 Å². The molecule has 0 saturated carbocycles. The van der Waals surface area contributed by atoms with Crippen molar-refractivity contribution in [3.05, 3.63) is 77.4 Å². The number of amides is 1. The third-order valence-corrected chi connectivity index (χ3v) is 8.64. The predicted molar refractivity (Wildman–Crippen MR) is 166 cm³/mol. The smallest absolute Gasteiger partial charge is 0.320 e. The van der Waals surface area contributed by atoms with Crippen LogP contribution in [-0.2, 0) is 4.79 Å². The maximum absolute atomic E-state index is 16.0. The van der Waals surface area contributed by atoms with Crippen molar-refractivity contribution in [1.29, 1.82) is 0 Å². The number of likely N-dealkylation sites (tertiary alicyclic amines) is 1. The van der Waals surface area contributed by atoms with Gasteiger partial charge in [-0.25, -0.2) is 15.9 Å². The lowest BCUT2D eigenvalue weighted by Gasteiger charge is -2.39. The van der Waals surface area contributed by atoms with Crippen molar-refractivity contribution in [3.8, 4) is 17.3 Å². The summed E-state index contributed by atoms with van der Waals surface area (Å²) in [7, 11) is 2.07. The number of likely N-dealkylation sites (N-methyl/N-ethyl adjacent to an activating group) is 1. The molecule has 0 radical (unpaired) electrons. The molecule has 9 nitrogen and oxygen atoms in total. The van der Waals surface area contributed by atoms with Gasteiger partial charge in [-0.05, 0) is 50.0 Å². The predicted octanol–water partition coefficient (Wildman–Crippen LogP) is 5.23. The second-order valence-electron chi connectivity index (χ2n) is 10.9. The molecule has 6 rings (SSSR count). The maximum atomic E-state index is 16.0. The lowest BCUT2D eigenvalue weighted by Crippen LogP contribution is -2.56. The number of anilines is 1. The molecule has 220 valence electrons. The van der Waals surface area contributed by atoms with Gasteiger partial charge in [-0.3, -0.25) is 4.79 Å². The Kier molecular flexibility index (Phi) is 8.10. The molecule has 0 bridgehead atoms. The summed E-state index contributed by atoms with van der Waals surface area (Å²) >= 11 is 6.57. The van der Waals surface area contributed by atoms with Crippen LogP contribution < -0.4 is 9.64 Å². The normalized spacial score (nSPS) is 19.1. The minimum Gasteiger partial charge on any atom is -0.462 e. The number of hydrogen-bond donors (Lipinski definition) is 0. The van der Waals surface area contributed by atoms with Crippen LogP contribution in [0.1, 0.15) is 12.8 Å². The van der Waals surface area contributed by atoms with Crippen LogP contribution >= 0.6 is 11.6 Å². The molecule has 0 N–H and O–H groups in total. The number of halogens is 2. The van der Waals surface area contributed by atoms with E-state index in [1.54, 1.807) is 17.0 Å². The average molecular weight is 600 g/mol. The standard InChI is InChI=1S/C32H31ClFN7O2/c1-4-27(42)41-15-14-40(18-22(41)17-35-2)31-24-16-26(34)29(23-11-5-8-20-9-6-12-25(33)28(20)23)36-30(24)37-32(38-31)43-19-21-10-7-13-39(21)3/h4-6,8-9,11-12,16,21-22H,1,7,10,13-15,17-19H2,3H3/t21-,22-/m0/s1. The highest BCUT2D eigenvalue weighted by Gasteiger charge is 2.33. The number of carbonyl (C=O) groups is 1. The van der Waals surface area contributed by atoms with E-state index in [0.29, 0.717) is 53.4 Å². The van der Waals surface area contributed by atoms with Gasteiger partial charge in [0.05, 0.1) is 5.39 Å². The molecular weight excluding hydrogens is 569 g/mol. The summed E-state index contributed by atoms with van der Waals surface area (Å²) in [5.41, 5.74) is 0.975. The number of ether oxygens (including phenoxy) is 1. The van der Waals surface area contributed by atoms with E-state index in [4.69, 9.17) is 32.9 Å². The largest absolute Gasteiger partial charge is 0.462 e. The van der Waals surface area contributed by atoms with Crippen LogP contribution in [0.4, 0.5) is 10.2 Å². The zero-order valence-corrected chi connectivity index (χ0v) is 24.6. The van der Waals surface area contributed by atoms with Crippen LogP contribution in [0.5, 0.6) is 6.01 Å². The van der Waals surface area contributed by atoms with Crippen LogP contribution in [0.25, 0.3) is 37.9 Å². The van der Waals surface area contributed by atoms with Crippen LogP contribution in [0.2, 0.25) is 5.02 Å². The van der Waals surface area contributed by atoms with E-state index in [2.05, 4.69) is 28.4 Å². The first kappa shape index (κ1) is 28.8. The Balaban J connectivity index is 1.45. The fourth-order valence-corrected chi connectivity index (χ4v) is 6.34. The highest BCUT2D eigenvalue weighted by atomic mass is 35.5. The van der Waals surface area contributed by atoms with Crippen LogP contribution in [0, 0.1) is 12.4 Å². The molecule has 2 aliphatic heterocycles. The number of hydrogen-bond acceptors (Lipinski definition) is 7. The molecule has 2 aromatic heterocycles. The molecule has 2 saturated heterocycles. The molecule has 1 amide bonds. The van der Waals surface area contributed by atoms with E-state index in [-0.39, 0.29) is 41.9 Å². The van der Waals surface area contributed by atoms with E-state index < -0.39 is 5.82 Å². The number of benzene rings is 2. The van der Waals surface area contributed by atoms with Gasteiger partial charge in [0.1, 0.15) is 30.0 Å². The fraction of sp³-hybridized carbons (Fsp3) is 0.344. The summed E-state index contributed by atoms with van der Waals surface area (Å²) in [6.45, 7) is 13.7. The third kappa shape index (κ3) is 5.58. The minimum absolute atomic E-state index is 0.120. The maximum Gasteiger partial charge on any atom is 0.320 e. The fourth-order valence-electron chi connectivity index (χ4n) is 6.06. The van der Waals surface area contributed by atoms with Gasteiger partial charge in [0.25, 0.3) is 0 Å². The van der Waals surface area contributed by atoms with Gasteiger partial charge in [0.2, 0.25) is 12.5 Å². The monoisotopic (exact) mass is 599 g/mol. The van der Waals surface area contributed by atoms with Crippen molar-refractivity contribution in [2.45, 2.75) is 24.9 Å². The number of rotatable bonds is 7. The molecule has 2 fully saturated rings. The highest BCUT2D eigenvalue weighted by molar-refractivity contribution is 6.36. The van der Waals surface area contributed by atoms with Crippen molar-refractivity contribution in [3.63, 3.8) is 0 Å². The zero-order chi connectivity index (χ0) is 30.1. The Morgan fingerprint density at radius 3 is 2.74 bits per heavy atom. The average Bonchev–Trinajstić information content (AvgIpc) is 3.43. The van der Waals surface area contributed by atoms with Gasteiger partial charge >= 0.3 is 6.01 Å². The van der Waals surface area contributed by atoms with Crippen LogP contribution in [0.3, 0.4) is 0 Å². The summed E-state index contributed by atoms with van der Waals surface area (Å²) in [6.07, 6.45) is 3.38. The summed E-state index contributed by atoms with van der Waals surface area (Å²) < 4.78 is 22.1. The van der Waals surface area contributed by atoms with Gasteiger partial charge < -0.3 is 24.3 Å². The lowest BCUT2D eigenvalue weighted by atomic mass is 10.0. The molecule has 2 aliphatic rings. The molecule has 43 heavy (non-hydrogen) atoms. The van der Waals surface area contributed by atoms with Crippen molar-refractivity contribution in [2.75, 3.05) is 51.3 Å². The van der Waals surface area contributed by atoms with Crippen molar-refractivity contribution >= 4 is 45.1 Å². The van der Waals surface area contributed by atoms with Gasteiger partial charge in [-0.15, -0.1) is 0 Å². The minimum atomic E-state index is -0.538. The third-order valence-electron chi connectivity index (χ3n) is 8.33. The summed E-state index contributed by atoms with van der Waals surface area (Å²) in [5, 5.41) is 2.50. The first-order valence-electron chi connectivity index (χ1n) is 14.3. The number of carbonyl (C=O) groups excluding carboxylic acids is 1. The number of fused-ring (bicyclic) bond motifs is 2. The molecule has 2 atom stereocenters. The molecular formula is C32H31ClFN7O2. The first-order valence-corrected chi connectivity index (χ1v) is 14.7. The van der Waals surface area contributed by atoms with Crippen molar-refractivity contribution < 1.29 is 13.9 Å². The van der Waals surface area contributed by atoms with Gasteiger partial charge in [-0.2, -0.15) is 9.97 Å². The van der Waals surface area contributed by atoms with Gasteiger partial charge in [0.15, 0.2) is 5.65 Å². The van der Waals surface area contributed by atoms with Crippen molar-refractivity contribution in [2.24, 2.45) is 0 Å². The molecule has 0 unspecified atom stereocenters. The first-order chi connectivity index (χ1) is 20.9. The van der Waals surface area contributed by atoms with E-state index >= 15 is 4.39 Å². The second kappa shape index (κ2) is 12.1. The molecule has 0 spiro atoms. The van der Waals surface area contributed by atoms with Gasteiger partial charge in [-0.1, -0.05) is 48.5 Å². The van der Waals surface area contributed by atoms with E-state index in [9.17, 15) is 4.79 Å². The molecule has 0 aliphatic carbocycles. The summed E-state index contributed by atoms with van der Waals surface area (Å²) in [6, 6.07) is 12.5. The summed E-state index contributed by atoms with van der Waals surface area (Å²) in [5.74, 6) is -0.310. The Labute approximate surface area is 254 Å². The van der Waals surface area contributed by atoms with Crippen LogP contribution in [-0.4, -0.2) is 89.1 Å².